The first-order valence-electron chi connectivity index (χ1n) is 10.5. The molecule has 0 aromatic carbocycles. The van der Waals surface area contributed by atoms with Gasteiger partial charge in [-0.05, 0) is 26.8 Å². The number of sulfone groups is 1. The molecule has 0 aliphatic rings. The lowest BCUT2D eigenvalue weighted by Gasteiger charge is -2.21. The number of aryl methyl sites for hydroxylation is 2. The van der Waals surface area contributed by atoms with Crippen LogP contribution in [0.1, 0.15) is 37.1 Å². The predicted octanol–water partition coefficient (Wildman–Crippen LogP) is 1.98. The van der Waals surface area contributed by atoms with Gasteiger partial charge in [-0.1, -0.05) is 0 Å². The number of rotatable bonds is 6. The second-order valence-electron chi connectivity index (χ2n) is 8.87. The molecule has 0 saturated carbocycles. The molecule has 1 amide bonds. The summed E-state index contributed by atoms with van der Waals surface area (Å²) in [6, 6.07) is 3.21. The first kappa shape index (κ1) is 23.5. The quantitative estimate of drug-likeness (QED) is 0.443. The summed E-state index contributed by atoms with van der Waals surface area (Å²) in [4.78, 5) is 21.4. The number of fused-ring (bicyclic) bond motifs is 1. The van der Waals surface area contributed by atoms with Gasteiger partial charge >= 0.3 is 0 Å². The smallest absolute Gasteiger partial charge is 0.269 e. The summed E-state index contributed by atoms with van der Waals surface area (Å²) < 4.78 is 35.7. The molecular formula is C22H27N7O4S. The fourth-order valence-electron chi connectivity index (χ4n) is 3.49. The molecule has 4 heterocycles. The zero-order chi connectivity index (χ0) is 24.8. The third-order valence-electron chi connectivity index (χ3n) is 5.59. The number of hydrogen-bond acceptors (Lipinski definition) is 7. The van der Waals surface area contributed by atoms with Crippen molar-refractivity contribution in [1.82, 2.24) is 34.0 Å². The Morgan fingerprint density at radius 1 is 1.18 bits per heavy atom. The van der Waals surface area contributed by atoms with Gasteiger partial charge in [-0.25, -0.2) is 18.4 Å². The van der Waals surface area contributed by atoms with Crippen molar-refractivity contribution >= 4 is 21.4 Å². The third-order valence-corrected chi connectivity index (χ3v) is 8.09. The van der Waals surface area contributed by atoms with Crippen LogP contribution >= 0.6 is 0 Å². The minimum absolute atomic E-state index is 0.0539. The second-order valence-corrected chi connectivity index (χ2v) is 11.5. The molecule has 0 unspecified atom stereocenters. The molecule has 4 rings (SSSR count). The van der Waals surface area contributed by atoms with E-state index in [1.165, 1.54) is 18.0 Å². The highest BCUT2D eigenvalue weighted by Gasteiger charge is 2.34. The summed E-state index contributed by atoms with van der Waals surface area (Å²) in [5, 5.41) is 7.30. The number of ether oxygens (including phenoxy) is 1. The highest BCUT2D eigenvalue weighted by Crippen LogP contribution is 2.34. The molecule has 0 radical (unpaired) electrons. The number of imidazole rings is 2. The monoisotopic (exact) mass is 485 g/mol. The molecule has 4 aromatic heterocycles. The molecule has 180 valence electrons. The van der Waals surface area contributed by atoms with Gasteiger partial charge in [-0.15, -0.1) is 0 Å². The topological polar surface area (TPSA) is 125 Å². The number of nitrogens with zero attached hydrogens (tertiary/aromatic N) is 6. The zero-order valence-corrected chi connectivity index (χ0v) is 20.7. The molecule has 12 heteroatoms. The minimum Gasteiger partial charge on any atom is -0.495 e. The maximum atomic E-state index is 13.2. The number of carbonyl (C=O) groups is 1. The maximum Gasteiger partial charge on any atom is 0.269 e. The molecule has 4 aromatic rings. The van der Waals surface area contributed by atoms with Crippen LogP contribution in [0, 0.1) is 0 Å². The summed E-state index contributed by atoms with van der Waals surface area (Å²) in [6.07, 6.45) is 6.54. The zero-order valence-electron chi connectivity index (χ0n) is 19.9. The largest absolute Gasteiger partial charge is 0.495 e. The molecule has 0 aliphatic carbocycles. The number of aromatic nitrogens is 6. The Kier molecular flexibility index (Phi) is 5.72. The summed E-state index contributed by atoms with van der Waals surface area (Å²) >= 11 is 0. The van der Waals surface area contributed by atoms with Crippen LogP contribution < -0.4 is 10.1 Å². The average molecular weight is 486 g/mol. The lowest BCUT2D eigenvalue weighted by atomic mass is 10.3. The van der Waals surface area contributed by atoms with Crippen LogP contribution in [0.25, 0.3) is 17.0 Å². The molecular weight excluding hydrogens is 458 g/mol. The van der Waals surface area contributed by atoms with E-state index in [9.17, 15) is 13.2 Å². The van der Waals surface area contributed by atoms with Crippen LogP contribution in [0.15, 0.2) is 41.8 Å². The molecule has 0 fully saturated rings. The van der Waals surface area contributed by atoms with Crippen molar-refractivity contribution in [2.45, 2.75) is 37.0 Å². The molecule has 1 N–H and O–H groups in total. The molecule has 11 nitrogen and oxygen atoms in total. The van der Waals surface area contributed by atoms with Crippen molar-refractivity contribution in [3.8, 4) is 17.1 Å². The second kappa shape index (κ2) is 8.28. The van der Waals surface area contributed by atoms with Crippen LogP contribution in [-0.2, 0) is 30.5 Å². The predicted molar refractivity (Wildman–Crippen MR) is 125 cm³/mol. The molecule has 0 saturated heterocycles. The highest BCUT2D eigenvalue weighted by molar-refractivity contribution is 7.92. The van der Waals surface area contributed by atoms with Gasteiger partial charge in [0, 0.05) is 38.8 Å². The van der Waals surface area contributed by atoms with Gasteiger partial charge in [0.15, 0.2) is 9.84 Å². The Hall–Kier alpha value is -3.67. The lowest BCUT2D eigenvalue weighted by molar-refractivity contribution is 0.0940. The van der Waals surface area contributed by atoms with Crippen molar-refractivity contribution in [3.63, 3.8) is 0 Å². The van der Waals surface area contributed by atoms with E-state index in [0.29, 0.717) is 22.7 Å². The van der Waals surface area contributed by atoms with Gasteiger partial charge in [0.05, 0.1) is 30.3 Å². The Morgan fingerprint density at radius 2 is 1.91 bits per heavy atom. The van der Waals surface area contributed by atoms with E-state index in [2.05, 4.69) is 20.4 Å². The first-order chi connectivity index (χ1) is 15.9. The van der Waals surface area contributed by atoms with Crippen molar-refractivity contribution in [2.75, 3.05) is 7.11 Å². The van der Waals surface area contributed by atoms with Crippen molar-refractivity contribution in [2.24, 2.45) is 14.1 Å². The van der Waals surface area contributed by atoms with Gasteiger partial charge in [-0.2, -0.15) is 5.10 Å². The molecule has 0 spiro atoms. The normalized spacial score (nSPS) is 12.3. The van der Waals surface area contributed by atoms with Crippen LogP contribution in [-0.4, -0.2) is 54.9 Å². The highest BCUT2D eigenvalue weighted by atomic mass is 32.2. The van der Waals surface area contributed by atoms with Gasteiger partial charge in [0.1, 0.15) is 33.5 Å². The average Bonchev–Trinajstić information content (AvgIpc) is 3.47. The molecule has 34 heavy (non-hydrogen) atoms. The van der Waals surface area contributed by atoms with Gasteiger partial charge in [0.2, 0.25) is 0 Å². The first-order valence-corrected chi connectivity index (χ1v) is 12.0. The molecule has 0 aliphatic heterocycles. The van der Waals surface area contributed by atoms with Crippen molar-refractivity contribution in [1.29, 1.82) is 0 Å². The number of nitrogens with one attached hydrogen (secondary N) is 1. The fourth-order valence-corrected chi connectivity index (χ4v) is 4.80. The van der Waals surface area contributed by atoms with Gasteiger partial charge < -0.3 is 14.6 Å². The number of methoxy groups -OCH3 is 1. The number of carbonyl (C=O) groups excluding carboxylic acids is 1. The summed E-state index contributed by atoms with van der Waals surface area (Å²) in [5.74, 6) is 0.629. The van der Waals surface area contributed by atoms with E-state index in [-0.39, 0.29) is 23.1 Å². The fraction of sp³-hybridized carbons (Fsp3) is 0.364. The Labute approximate surface area is 197 Å². The van der Waals surface area contributed by atoms with Crippen LogP contribution in [0.5, 0.6) is 5.75 Å². The van der Waals surface area contributed by atoms with E-state index in [0.717, 1.165) is 5.82 Å². The van der Waals surface area contributed by atoms with E-state index in [4.69, 9.17) is 4.74 Å². The Morgan fingerprint density at radius 3 is 2.53 bits per heavy atom. The maximum absolute atomic E-state index is 13.2. The SMILES string of the molecule is COc1cc2ncc(-c3cc(C(=O)NCc4nccn4C)n(C)n3)n2cc1S(=O)(=O)C(C)(C)C. The van der Waals surface area contributed by atoms with Crippen LogP contribution in [0.3, 0.4) is 0 Å². The van der Waals surface area contributed by atoms with E-state index < -0.39 is 14.6 Å². The van der Waals surface area contributed by atoms with Gasteiger partial charge in [0.25, 0.3) is 5.91 Å². The standard InChI is InChI=1S/C22H27N7O4S/c1-22(2,3)34(31,32)18-13-29-16(11-24-19(29)10-17(18)33-6)14-9-15(28(5)26-14)21(30)25-12-20-23-7-8-27(20)4/h7-11,13H,12H2,1-6H3,(H,25,30). The molecule has 0 atom stereocenters. The summed E-state index contributed by atoms with van der Waals surface area (Å²) in [5.41, 5.74) is 1.85. The van der Waals surface area contributed by atoms with Crippen molar-refractivity contribution < 1.29 is 17.9 Å². The number of pyridine rings is 1. The third kappa shape index (κ3) is 3.94. The van der Waals surface area contributed by atoms with Crippen molar-refractivity contribution in [3.05, 3.63) is 48.4 Å². The Bertz CT molecular complexity index is 1490. The minimum atomic E-state index is -3.71. The summed E-state index contributed by atoms with van der Waals surface area (Å²) in [6.45, 7) is 5.17. The lowest BCUT2D eigenvalue weighted by Crippen LogP contribution is -2.28. The summed E-state index contributed by atoms with van der Waals surface area (Å²) in [7, 11) is 1.23. The Balaban J connectivity index is 1.73. The number of hydrogen-bond donors (Lipinski definition) is 1. The van der Waals surface area contributed by atoms with E-state index >= 15 is 0 Å². The van der Waals surface area contributed by atoms with Gasteiger partial charge in [-0.3, -0.25) is 13.9 Å². The van der Waals surface area contributed by atoms with E-state index in [1.807, 2.05) is 11.6 Å². The number of amides is 1. The van der Waals surface area contributed by atoms with Crippen LogP contribution in [0.4, 0.5) is 0 Å². The van der Waals surface area contributed by atoms with E-state index in [1.54, 1.807) is 62.9 Å². The van der Waals surface area contributed by atoms with Crippen LogP contribution in [0.2, 0.25) is 0 Å². The molecule has 0 bridgehead atoms.